The molecule has 5 rings (SSSR count). The van der Waals surface area contributed by atoms with Gasteiger partial charge in [-0.25, -0.2) is 0 Å². The summed E-state index contributed by atoms with van der Waals surface area (Å²) in [7, 11) is 1.74. The van der Waals surface area contributed by atoms with E-state index in [-0.39, 0.29) is 23.3 Å². The largest absolute Gasteiger partial charge is 0.507 e. The zero-order valence-electron chi connectivity index (χ0n) is 25.6. The minimum absolute atomic E-state index is 0.00946. The van der Waals surface area contributed by atoms with E-state index in [9.17, 15) is 15.0 Å². The van der Waals surface area contributed by atoms with E-state index in [0.29, 0.717) is 58.0 Å². The quantitative estimate of drug-likeness (QED) is 0.270. The highest BCUT2D eigenvalue weighted by molar-refractivity contribution is 5.93. The number of hydrogen-bond acceptors (Lipinski definition) is 11. The van der Waals surface area contributed by atoms with Crippen molar-refractivity contribution in [2.45, 2.75) is 40.5 Å². The van der Waals surface area contributed by atoms with E-state index in [1.54, 1.807) is 74.6 Å². The Morgan fingerprint density at radius 1 is 0.933 bits per heavy atom. The second-order valence-electron chi connectivity index (χ2n) is 10.9. The summed E-state index contributed by atoms with van der Waals surface area (Å²) < 4.78 is 0. The molecule has 4 aromatic rings. The zero-order valence-corrected chi connectivity index (χ0v) is 25.6. The molecule has 2 aromatic carbocycles. The average Bonchev–Trinajstić information content (AvgIpc) is 3.63. The molecule has 0 bridgehead atoms. The van der Waals surface area contributed by atoms with Crippen LogP contribution in [0.4, 0.5) is 0 Å². The Morgan fingerprint density at radius 2 is 1.47 bits per heavy atom. The van der Waals surface area contributed by atoms with Crippen LogP contribution in [-0.2, 0) is 4.79 Å². The Labute approximate surface area is 259 Å². The van der Waals surface area contributed by atoms with Gasteiger partial charge in [-0.1, -0.05) is 19.9 Å². The number of hydrogen-bond donors (Lipinski definition) is 2. The molecule has 1 aliphatic carbocycles. The van der Waals surface area contributed by atoms with Gasteiger partial charge >= 0.3 is 0 Å². The standard InChI is InChI=1S/C31H33N11O3/c1-19(2)13-30(45)40(5)25-8-6-7-24(16-25)31(26-14-22(9-11-28(26)43)17-32-41-20(3)34-36-38-41)27-15-23(10-12-29(27)44)18-33-42-21(4)35-37-39-42/h6,8-12,14-19,43-44H,7,13H2,1-5H3. The third-order valence-corrected chi connectivity index (χ3v) is 7.03. The molecule has 2 N–H and O–H groups in total. The minimum atomic E-state index is -0.0124. The molecule has 0 fully saturated rings. The molecule has 14 heteroatoms. The highest BCUT2D eigenvalue weighted by Gasteiger charge is 2.22. The molecule has 1 aliphatic rings. The van der Waals surface area contributed by atoms with Gasteiger partial charge in [0.1, 0.15) is 11.5 Å². The molecule has 45 heavy (non-hydrogen) atoms. The van der Waals surface area contributed by atoms with E-state index in [2.05, 4.69) is 41.3 Å². The molecular formula is C31H33N11O3. The van der Waals surface area contributed by atoms with Crippen molar-refractivity contribution >= 4 is 23.9 Å². The van der Waals surface area contributed by atoms with Crippen LogP contribution in [0.2, 0.25) is 0 Å². The Bertz CT molecular complexity index is 1780. The highest BCUT2D eigenvalue weighted by atomic mass is 16.3. The van der Waals surface area contributed by atoms with Gasteiger partial charge in [0, 0.05) is 30.3 Å². The maximum absolute atomic E-state index is 12.9. The van der Waals surface area contributed by atoms with Crippen LogP contribution >= 0.6 is 0 Å². The fraction of sp³-hybridized carbons (Fsp3) is 0.258. The second-order valence-corrected chi connectivity index (χ2v) is 10.9. The number of likely N-dealkylation sites (N-methyl/N-ethyl adjacent to an activating group) is 1. The third-order valence-electron chi connectivity index (χ3n) is 7.03. The van der Waals surface area contributed by atoms with Crippen LogP contribution in [0, 0.1) is 19.8 Å². The molecule has 230 valence electrons. The number of aromatic hydroxyl groups is 2. The summed E-state index contributed by atoms with van der Waals surface area (Å²) in [6.45, 7) is 7.45. The highest BCUT2D eigenvalue weighted by Crippen LogP contribution is 2.40. The summed E-state index contributed by atoms with van der Waals surface area (Å²) in [4.78, 5) is 17.2. The van der Waals surface area contributed by atoms with Crippen LogP contribution in [0.25, 0.3) is 5.57 Å². The Kier molecular flexibility index (Phi) is 9.02. The average molecular weight is 608 g/mol. The summed E-state index contributed by atoms with van der Waals surface area (Å²) in [6, 6.07) is 10.1. The number of allylic oxidation sites excluding steroid dienone is 4. The van der Waals surface area contributed by atoms with E-state index in [1.807, 2.05) is 32.1 Å². The number of benzene rings is 2. The van der Waals surface area contributed by atoms with Crippen LogP contribution in [0.3, 0.4) is 0 Å². The number of aromatic nitrogens is 8. The zero-order chi connectivity index (χ0) is 32.1. The number of carbonyl (C=O) groups excluding carboxylic acids is 1. The monoisotopic (exact) mass is 607 g/mol. The SMILES string of the molecule is Cc1nnnn1N=Cc1ccc(O)c(C(=C2C=C(N(C)C(=O)CC(C)C)C=CC2)c2cc(C=Nn3nnnc3C)ccc2O)c1. The molecule has 0 spiro atoms. The lowest BCUT2D eigenvalue weighted by Gasteiger charge is -2.24. The number of rotatable bonds is 9. The van der Waals surface area contributed by atoms with E-state index >= 15 is 0 Å². The van der Waals surface area contributed by atoms with E-state index in [0.717, 1.165) is 5.57 Å². The van der Waals surface area contributed by atoms with Gasteiger partial charge in [-0.05, 0) is 118 Å². The predicted molar refractivity (Wildman–Crippen MR) is 167 cm³/mol. The van der Waals surface area contributed by atoms with Gasteiger partial charge in [0.15, 0.2) is 11.6 Å². The molecular weight excluding hydrogens is 574 g/mol. The van der Waals surface area contributed by atoms with Crippen LogP contribution in [-0.4, -0.2) is 81.1 Å². The van der Waals surface area contributed by atoms with E-state index in [4.69, 9.17) is 0 Å². The van der Waals surface area contributed by atoms with Crippen LogP contribution in [0.15, 0.2) is 76.1 Å². The summed E-state index contributed by atoms with van der Waals surface area (Å²) in [5.41, 5.74) is 4.24. The number of carbonyl (C=O) groups is 1. The second kappa shape index (κ2) is 13.2. The van der Waals surface area contributed by atoms with E-state index < -0.39 is 0 Å². The number of phenolic OH excluding ortho intramolecular Hbond substituents is 2. The van der Waals surface area contributed by atoms with Crippen LogP contribution in [0.5, 0.6) is 11.5 Å². The maximum atomic E-state index is 12.9. The molecule has 14 nitrogen and oxygen atoms in total. The first kappa shape index (κ1) is 30.7. The molecule has 2 aromatic heterocycles. The van der Waals surface area contributed by atoms with Gasteiger partial charge in [-0.2, -0.15) is 10.2 Å². The van der Waals surface area contributed by atoms with Crippen molar-refractivity contribution < 1.29 is 15.0 Å². The van der Waals surface area contributed by atoms with Crippen molar-refractivity contribution in [3.63, 3.8) is 0 Å². The fourth-order valence-electron chi connectivity index (χ4n) is 4.68. The number of nitrogens with zero attached hydrogens (tertiary/aromatic N) is 11. The van der Waals surface area contributed by atoms with Crippen molar-refractivity contribution in [3.8, 4) is 11.5 Å². The predicted octanol–water partition coefficient (Wildman–Crippen LogP) is 3.60. The molecule has 0 saturated carbocycles. The first-order valence-electron chi connectivity index (χ1n) is 14.2. The molecule has 2 heterocycles. The maximum Gasteiger partial charge on any atom is 0.226 e. The molecule has 0 unspecified atom stereocenters. The molecule has 0 atom stereocenters. The number of aryl methyl sites for hydroxylation is 2. The van der Waals surface area contributed by atoms with Crippen LogP contribution < -0.4 is 0 Å². The summed E-state index contributed by atoms with van der Waals surface area (Å²) in [5.74, 6) is 1.19. The van der Waals surface area contributed by atoms with Crippen molar-refractivity contribution in [1.82, 2.24) is 45.5 Å². The van der Waals surface area contributed by atoms with Gasteiger partial charge in [0.2, 0.25) is 5.91 Å². The normalized spacial score (nSPS) is 13.3. The number of phenols is 2. The van der Waals surface area contributed by atoms with Gasteiger partial charge in [0.05, 0.1) is 12.4 Å². The minimum Gasteiger partial charge on any atom is -0.507 e. The van der Waals surface area contributed by atoms with Crippen molar-refractivity contribution in [2.75, 3.05) is 7.05 Å². The summed E-state index contributed by atoms with van der Waals surface area (Å²) in [6.07, 6.45) is 9.79. The van der Waals surface area contributed by atoms with Crippen molar-refractivity contribution in [2.24, 2.45) is 16.1 Å². The lowest BCUT2D eigenvalue weighted by Crippen LogP contribution is -2.27. The van der Waals surface area contributed by atoms with Gasteiger partial charge in [0.25, 0.3) is 0 Å². The van der Waals surface area contributed by atoms with E-state index in [1.165, 1.54) is 9.58 Å². The smallest absolute Gasteiger partial charge is 0.226 e. The van der Waals surface area contributed by atoms with Gasteiger partial charge < -0.3 is 15.1 Å². The first-order valence-corrected chi connectivity index (χ1v) is 14.2. The Morgan fingerprint density at radius 3 is 1.93 bits per heavy atom. The fourth-order valence-corrected chi connectivity index (χ4v) is 4.68. The molecule has 0 aliphatic heterocycles. The van der Waals surface area contributed by atoms with Gasteiger partial charge in [-0.3, -0.25) is 4.79 Å². The van der Waals surface area contributed by atoms with Gasteiger partial charge in [-0.15, -0.1) is 19.8 Å². The molecule has 1 amide bonds. The number of tetrazole rings is 2. The van der Waals surface area contributed by atoms with Crippen molar-refractivity contribution in [1.29, 1.82) is 0 Å². The third kappa shape index (κ3) is 7.06. The Balaban J connectivity index is 1.66. The first-order chi connectivity index (χ1) is 21.6. The number of amides is 1. The summed E-state index contributed by atoms with van der Waals surface area (Å²) >= 11 is 0. The topological polar surface area (TPSA) is 173 Å². The van der Waals surface area contributed by atoms with Crippen LogP contribution in [0.1, 0.15) is 60.6 Å². The lowest BCUT2D eigenvalue weighted by molar-refractivity contribution is -0.128. The molecule has 0 radical (unpaired) electrons. The van der Waals surface area contributed by atoms with Crippen molar-refractivity contribution in [3.05, 3.63) is 99.8 Å². The lowest BCUT2D eigenvalue weighted by atomic mass is 9.87. The summed E-state index contributed by atoms with van der Waals surface area (Å²) in [5, 5.41) is 53.7. The Hall–Kier alpha value is -5.79. The molecule has 0 saturated heterocycles.